The first-order chi connectivity index (χ1) is 13.8. The van der Waals surface area contributed by atoms with Crippen LogP contribution in [0.3, 0.4) is 0 Å². The summed E-state index contributed by atoms with van der Waals surface area (Å²) >= 11 is 0. The summed E-state index contributed by atoms with van der Waals surface area (Å²) in [6.45, 7) is 1.41. The van der Waals surface area contributed by atoms with Crippen molar-refractivity contribution in [2.45, 2.75) is 19.1 Å². The van der Waals surface area contributed by atoms with Gasteiger partial charge in [0, 0.05) is 23.1 Å². The highest BCUT2D eigenvalue weighted by Gasteiger charge is 2.25. The van der Waals surface area contributed by atoms with Crippen LogP contribution in [0.4, 0.5) is 4.39 Å². The summed E-state index contributed by atoms with van der Waals surface area (Å²) in [5, 5.41) is 4.70. The van der Waals surface area contributed by atoms with Gasteiger partial charge in [-0.25, -0.2) is 4.39 Å². The van der Waals surface area contributed by atoms with Gasteiger partial charge in [-0.1, -0.05) is 42.5 Å². The third-order valence-electron chi connectivity index (χ3n) is 5.35. The first-order valence-electron chi connectivity index (χ1n) is 9.58. The van der Waals surface area contributed by atoms with Crippen LogP contribution in [0.25, 0.3) is 10.9 Å². The molecule has 5 rings (SSSR count). The molecule has 1 aliphatic heterocycles. The molecule has 0 fully saturated rings. The maximum absolute atomic E-state index is 13.7. The van der Waals surface area contributed by atoms with Crippen LogP contribution in [-0.2, 0) is 13.0 Å². The second-order valence-electron chi connectivity index (χ2n) is 7.19. The zero-order valence-corrected chi connectivity index (χ0v) is 15.4. The Labute approximate surface area is 163 Å². The number of ether oxygens (including phenoxy) is 1. The predicted molar refractivity (Wildman–Crippen MR) is 109 cm³/mol. The van der Waals surface area contributed by atoms with Crippen molar-refractivity contribution in [3.63, 3.8) is 0 Å². The lowest BCUT2D eigenvalue weighted by molar-refractivity contribution is 0.306. The molecule has 1 atom stereocenters. The molecule has 0 saturated carbocycles. The lowest BCUT2D eigenvalue weighted by atomic mass is 9.94. The van der Waals surface area contributed by atoms with E-state index in [1.165, 1.54) is 17.0 Å². The minimum Gasteiger partial charge on any atom is -0.489 e. The fourth-order valence-electron chi connectivity index (χ4n) is 4.01. The number of hydrogen-bond acceptors (Lipinski definition) is 2. The summed E-state index contributed by atoms with van der Waals surface area (Å²) in [4.78, 5) is 3.54. The molecule has 2 N–H and O–H groups in total. The molecule has 0 spiro atoms. The Morgan fingerprint density at radius 2 is 1.86 bits per heavy atom. The van der Waals surface area contributed by atoms with Crippen molar-refractivity contribution < 1.29 is 9.13 Å². The van der Waals surface area contributed by atoms with Gasteiger partial charge in [-0.05, 0) is 53.4 Å². The smallest absolute Gasteiger partial charge is 0.123 e. The van der Waals surface area contributed by atoms with Crippen molar-refractivity contribution in [1.29, 1.82) is 0 Å². The number of hydrogen-bond donors (Lipinski definition) is 2. The summed E-state index contributed by atoms with van der Waals surface area (Å²) in [6, 6.07) is 23.1. The van der Waals surface area contributed by atoms with E-state index in [9.17, 15) is 4.39 Å². The third-order valence-corrected chi connectivity index (χ3v) is 5.35. The number of aromatic amines is 1. The maximum Gasteiger partial charge on any atom is 0.123 e. The molecular formula is C24H21FN2O. The van der Waals surface area contributed by atoms with Gasteiger partial charge in [-0.2, -0.15) is 0 Å². The van der Waals surface area contributed by atoms with Gasteiger partial charge in [0.05, 0.1) is 6.04 Å². The number of fused-ring (bicyclic) bond motifs is 3. The Hall–Kier alpha value is -3.11. The first kappa shape index (κ1) is 17.0. The Balaban J connectivity index is 1.48. The van der Waals surface area contributed by atoms with Gasteiger partial charge in [0.15, 0.2) is 0 Å². The summed E-state index contributed by atoms with van der Waals surface area (Å²) in [5.41, 5.74) is 5.57. The van der Waals surface area contributed by atoms with Crippen molar-refractivity contribution in [3.05, 3.63) is 101 Å². The third kappa shape index (κ3) is 3.16. The largest absolute Gasteiger partial charge is 0.489 e. The molecule has 2 heterocycles. The van der Waals surface area contributed by atoms with Gasteiger partial charge in [0.1, 0.15) is 18.2 Å². The monoisotopic (exact) mass is 372 g/mol. The Bertz CT molecular complexity index is 1120. The Morgan fingerprint density at radius 3 is 2.71 bits per heavy atom. The number of rotatable bonds is 4. The Morgan fingerprint density at radius 1 is 0.964 bits per heavy atom. The average Bonchev–Trinajstić information content (AvgIpc) is 3.11. The number of aromatic nitrogens is 1. The van der Waals surface area contributed by atoms with E-state index in [2.05, 4.69) is 34.6 Å². The maximum atomic E-state index is 13.7. The summed E-state index contributed by atoms with van der Waals surface area (Å²) in [6.07, 6.45) is 0.934. The number of nitrogens with one attached hydrogen (secondary N) is 2. The van der Waals surface area contributed by atoms with E-state index in [1.54, 1.807) is 12.1 Å². The van der Waals surface area contributed by atoms with E-state index in [0.717, 1.165) is 41.1 Å². The van der Waals surface area contributed by atoms with Crippen LogP contribution in [0.15, 0.2) is 72.8 Å². The molecule has 140 valence electrons. The molecule has 1 unspecified atom stereocenters. The van der Waals surface area contributed by atoms with Gasteiger partial charge < -0.3 is 15.0 Å². The van der Waals surface area contributed by atoms with Gasteiger partial charge >= 0.3 is 0 Å². The van der Waals surface area contributed by atoms with Crippen LogP contribution in [0, 0.1) is 5.82 Å². The highest BCUT2D eigenvalue weighted by atomic mass is 19.1. The molecule has 0 radical (unpaired) electrons. The average molecular weight is 372 g/mol. The number of halogens is 1. The molecule has 3 aromatic carbocycles. The van der Waals surface area contributed by atoms with Crippen LogP contribution in [0.5, 0.6) is 5.75 Å². The van der Waals surface area contributed by atoms with Crippen LogP contribution >= 0.6 is 0 Å². The molecule has 3 nitrogen and oxygen atoms in total. The van der Waals surface area contributed by atoms with Crippen molar-refractivity contribution in [3.8, 4) is 5.75 Å². The van der Waals surface area contributed by atoms with E-state index < -0.39 is 0 Å². The second-order valence-corrected chi connectivity index (χ2v) is 7.19. The zero-order chi connectivity index (χ0) is 18.9. The van der Waals surface area contributed by atoms with E-state index >= 15 is 0 Å². The molecule has 1 aliphatic rings. The highest BCUT2D eigenvalue weighted by Crippen LogP contribution is 2.35. The number of H-pyrrole nitrogens is 1. The first-order valence-corrected chi connectivity index (χ1v) is 9.58. The van der Waals surface area contributed by atoms with Crippen LogP contribution in [-0.4, -0.2) is 11.5 Å². The summed E-state index contributed by atoms with van der Waals surface area (Å²) in [5.74, 6) is 0.651. The van der Waals surface area contributed by atoms with Crippen molar-refractivity contribution in [2.24, 2.45) is 0 Å². The van der Waals surface area contributed by atoms with E-state index in [4.69, 9.17) is 4.74 Å². The quantitative estimate of drug-likeness (QED) is 0.522. The molecule has 0 amide bonds. The van der Waals surface area contributed by atoms with E-state index in [-0.39, 0.29) is 11.9 Å². The molecule has 4 aromatic rings. The lowest BCUT2D eigenvalue weighted by Crippen LogP contribution is -2.30. The van der Waals surface area contributed by atoms with E-state index in [0.29, 0.717) is 6.61 Å². The van der Waals surface area contributed by atoms with Crippen molar-refractivity contribution >= 4 is 10.9 Å². The van der Waals surface area contributed by atoms with Crippen molar-refractivity contribution in [2.75, 3.05) is 6.54 Å². The molecule has 28 heavy (non-hydrogen) atoms. The SMILES string of the molecule is Fc1cccc(C2NCCc3c2[nH]c2ccc(OCc4ccccc4)cc32)c1. The highest BCUT2D eigenvalue weighted by molar-refractivity contribution is 5.86. The normalized spacial score (nSPS) is 16.1. The molecule has 4 heteroatoms. The standard InChI is InChI=1S/C24H21FN2O/c25-18-8-4-7-17(13-18)23-24-20(11-12-26-23)21-14-19(9-10-22(21)27-24)28-15-16-5-2-1-3-6-16/h1-10,13-14,23,26-27H,11-12,15H2. The fourth-order valence-corrected chi connectivity index (χ4v) is 4.01. The number of benzene rings is 3. The van der Waals surface area contributed by atoms with Crippen LogP contribution in [0.1, 0.15) is 28.4 Å². The zero-order valence-electron chi connectivity index (χ0n) is 15.4. The minimum atomic E-state index is -0.209. The molecule has 0 saturated heterocycles. The van der Waals surface area contributed by atoms with Gasteiger partial charge in [0.2, 0.25) is 0 Å². The minimum absolute atomic E-state index is 0.0273. The molecule has 0 bridgehead atoms. The fraction of sp³-hybridized carbons (Fsp3) is 0.167. The van der Waals surface area contributed by atoms with Gasteiger partial charge in [0.25, 0.3) is 0 Å². The van der Waals surface area contributed by atoms with E-state index in [1.807, 2.05) is 30.3 Å². The summed E-state index contributed by atoms with van der Waals surface area (Å²) in [7, 11) is 0. The molecular weight excluding hydrogens is 351 g/mol. The van der Waals surface area contributed by atoms with Crippen LogP contribution in [0.2, 0.25) is 0 Å². The lowest BCUT2D eigenvalue weighted by Gasteiger charge is -2.24. The molecule has 1 aromatic heterocycles. The molecule has 0 aliphatic carbocycles. The van der Waals surface area contributed by atoms with Gasteiger partial charge in [-0.3, -0.25) is 0 Å². The topological polar surface area (TPSA) is 37.0 Å². The predicted octanol–water partition coefficient (Wildman–Crippen LogP) is 5.12. The van der Waals surface area contributed by atoms with Crippen molar-refractivity contribution in [1.82, 2.24) is 10.3 Å². The van der Waals surface area contributed by atoms with Crippen LogP contribution < -0.4 is 10.1 Å². The van der Waals surface area contributed by atoms with Gasteiger partial charge in [-0.15, -0.1) is 0 Å². The second kappa shape index (κ2) is 7.13. The summed E-state index contributed by atoms with van der Waals surface area (Å²) < 4.78 is 19.7. The Kier molecular flexibility index (Phi) is 4.34.